The van der Waals surface area contributed by atoms with Crippen LogP contribution in [0.4, 0.5) is 5.82 Å². The van der Waals surface area contributed by atoms with Crippen molar-refractivity contribution in [2.24, 2.45) is 0 Å². The first-order valence-electron chi connectivity index (χ1n) is 4.29. The predicted octanol–water partition coefficient (Wildman–Crippen LogP) is -0.377. The number of aliphatic hydroxyl groups excluding tert-OH is 2. The highest BCUT2D eigenvalue weighted by Crippen LogP contribution is 2.17. The van der Waals surface area contributed by atoms with Gasteiger partial charge in [0.25, 0.3) is 0 Å². The van der Waals surface area contributed by atoms with Crippen LogP contribution in [-0.4, -0.2) is 40.5 Å². The van der Waals surface area contributed by atoms with Crippen LogP contribution in [0.1, 0.15) is 0 Å². The maximum Gasteiger partial charge on any atom is 0.128 e. The van der Waals surface area contributed by atoms with E-state index in [1.165, 1.54) is 0 Å². The van der Waals surface area contributed by atoms with Crippen molar-refractivity contribution in [2.75, 3.05) is 18.0 Å². The van der Waals surface area contributed by atoms with Gasteiger partial charge in [0.2, 0.25) is 0 Å². The van der Waals surface area contributed by atoms with Gasteiger partial charge in [0.1, 0.15) is 5.82 Å². The van der Waals surface area contributed by atoms with Gasteiger partial charge in [0.15, 0.2) is 0 Å². The van der Waals surface area contributed by atoms with E-state index in [9.17, 15) is 10.2 Å². The lowest BCUT2D eigenvalue weighted by Crippen LogP contribution is -2.22. The summed E-state index contributed by atoms with van der Waals surface area (Å²) in [6, 6.07) is 5.59. The molecule has 1 aliphatic rings. The number of pyridine rings is 1. The van der Waals surface area contributed by atoms with Crippen LogP contribution in [0.15, 0.2) is 24.4 Å². The van der Waals surface area contributed by atoms with Crippen LogP contribution in [0.2, 0.25) is 0 Å². The fourth-order valence-corrected chi connectivity index (χ4v) is 1.50. The van der Waals surface area contributed by atoms with Crippen molar-refractivity contribution < 1.29 is 10.2 Å². The van der Waals surface area contributed by atoms with Crippen molar-refractivity contribution in [3.8, 4) is 0 Å². The third-order valence-electron chi connectivity index (χ3n) is 2.23. The largest absolute Gasteiger partial charge is 0.389 e. The Morgan fingerprint density at radius 1 is 1.23 bits per heavy atom. The van der Waals surface area contributed by atoms with Gasteiger partial charge in [-0.05, 0) is 12.1 Å². The van der Waals surface area contributed by atoms with Crippen LogP contribution in [-0.2, 0) is 0 Å². The Morgan fingerprint density at radius 3 is 2.46 bits per heavy atom. The Kier molecular flexibility index (Phi) is 2.16. The first kappa shape index (κ1) is 8.47. The minimum Gasteiger partial charge on any atom is -0.389 e. The van der Waals surface area contributed by atoms with Gasteiger partial charge in [-0.25, -0.2) is 4.98 Å². The van der Waals surface area contributed by atoms with Gasteiger partial charge in [0, 0.05) is 19.3 Å². The fraction of sp³-hybridized carbons (Fsp3) is 0.444. The highest BCUT2D eigenvalue weighted by Gasteiger charge is 2.29. The molecular weight excluding hydrogens is 168 g/mol. The summed E-state index contributed by atoms with van der Waals surface area (Å²) in [6.45, 7) is 0.913. The van der Waals surface area contributed by atoms with Gasteiger partial charge >= 0.3 is 0 Å². The SMILES string of the molecule is O[C@H]1CN(c2ccccn2)C[C@@H]1O. The van der Waals surface area contributed by atoms with Crippen molar-refractivity contribution in [3.05, 3.63) is 24.4 Å². The summed E-state index contributed by atoms with van der Waals surface area (Å²) < 4.78 is 0. The third-order valence-corrected chi connectivity index (χ3v) is 2.23. The molecule has 4 heteroatoms. The zero-order valence-electron chi connectivity index (χ0n) is 7.17. The van der Waals surface area contributed by atoms with Crippen molar-refractivity contribution in [3.63, 3.8) is 0 Å². The van der Waals surface area contributed by atoms with E-state index < -0.39 is 12.2 Å². The lowest BCUT2D eigenvalue weighted by molar-refractivity contribution is 0.0572. The number of hydrogen-bond donors (Lipinski definition) is 2. The van der Waals surface area contributed by atoms with Crippen LogP contribution in [0.5, 0.6) is 0 Å². The standard InChI is InChI=1S/C9H12N2O2/c12-7-5-11(6-8(7)13)9-3-1-2-4-10-9/h1-4,7-8,12-13H,5-6H2/t7-,8-/m0/s1. The maximum atomic E-state index is 9.31. The molecule has 0 aliphatic carbocycles. The van der Waals surface area contributed by atoms with E-state index in [4.69, 9.17) is 0 Å². The molecule has 0 radical (unpaired) electrons. The van der Waals surface area contributed by atoms with Crippen molar-refractivity contribution in [1.29, 1.82) is 0 Å². The normalized spacial score (nSPS) is 28.0. The highest BCUT2D eigenvalue weighted by atomic mass is 16.3. The van der Waals surface area contributed by atoms with Gasteiger partial charge in [-0.1, -0.05) is 6.07 Å². The molecule has 1 fully saturated rings. The van der Waals surface area contributed by atoms with E-state index in [1.54, 1.807) is 6.20 Å². The van der Waals surface area contributed by atoms with Crippen LogP contribution >= 0.6 is 0 Å². The van der Waals surface area contributed by atoms with Crippen LogP contribution in [0.25, 0.3) is 0 Å². The molecule has 1 aromatic heterocycles. The first-order chi connectivity index (χ1) is 6.27. The number of β-amino-alcohol motifs (C(OH)–C–C–N with tert-alkyl or cyclic N) is 2. The van der Waals surface area contributed by atoms with Crippen LogP contribution in [0, 0.1) is 0 Å². The van der Waals surface area contributed by atoms with E-state index in [1.807, 2.05) is 23.1 Å². The molecule has 2 atom stereocenters. The molecule has 4 nitrogen and oxygen atoms in total. The summed E-state index contributed by atoms with van der Waals surface area (Å²) in [5.74, 6) is 0.804. The van der Waals surface area contributed by atoms with Crippen molar-refractivity contribution in [1.82, 2.24) is 4.98 Å². The molecule has 2 heterocycles. The fourth-order valence-electron chi connectivity index (χ4n) is 1.50. The van der Waals surface area contributed by atoms with E-state index in [0.29, 0.717) is 13.1 Å². The summed E-state index contributed by atoms with van der Waals surface area (Å²) in [4.78, 5) is 6.00. The quantitative estimate of drug-likeness (QED) is 0.618. The predicted molar refractivity (Wildman–Crippen MR) is 48.5 cm³/mol. The Balaban J connectivity index is 2.12. The number of aromatic nitrogens is 1. The van der Waals surface area contributed by atoms with E-state index >= 15 is 0 Å². The molecule has 0 aromatic carbocycles. The minimum atomic E-state index is -0.651. The van der Waals surface area contributed by atoms with Crippen LogP contribution < -0.4 is 4.90 Å². The molecule has 70 valence electrons. The molecular formula is C9H12N2O2. The number of rotatable bonds is 1. The molecule has 2 N–H and O–H groups in total. The van der Waals surface area contributed by atoms with Gasteiger partial charge in [-0.2, -0.15) is 0 Å². The monoisotopic (exact) mass is 180 g/mol. The third kappa shape index (κ3) is 1.64. The molecule has 0 bridgehead atoms. The number of nitrogens with zero attached hydrogens (tertiary/aromatic N) is 2. The molecule has 0 saturated carbocycles. The average molecular weight is 180 g/mol. The molecule has 1 aliphatic heterocycles. The Morgan fingerprint density at radius 2 is 1.92 bits per heavy atom. The average Bonchev–Trinajstić information content (AvgIpc) is 2.49. The summed E-state index contributed by atoms with van der Waals surface area (Å²) >= 11 is 0. The van der Waals surface area contributed by atoms with Crippen molar-refractivity contribution in [2.45, 2.75) is 12.2 Å². The molecule has 13 heavy (non-hydrogen) atoms. The van der Waals surface area contributed by atoms with Gasteiger partial charge in [-0.3, -0.25) is 0 Å². The molecule has 1 saturated heterocycles. The summed E-state index contributed by atoms with van der Waals surface area (Å²) in [6.07, 6.45) is 0.399. The minimum absolute atomic E-state index is 0.457. The van der Waals surface area contributed by atoms with E-state index in [2.05, 4.69) is 4.98 Å². The van der Waals surface area contributed by atoms with Crippen LogP contribution in [0.3, 0.4) is 0 Å². The maximum absolute atomic E-state index is 9.31. The zero-order chi connectivity index (χ0) is 9.26. The Labute approximate surface area is 76.5 Å². The second-order valence-corrected chi connectivity index (χ2v) is 3.23. The smallest absolute Gasteiger partial charge is 0.128 e. The topological polar surface area (TPSA) is 56.6 Å². The Hall–Kier alpha value is -1.13. The summed E-state index contributed by atoms with van der Waals surface area (Å²) in [5, 5.41) is 18.6. The van der Waals surface area contributed by atoms with E-state index in [-0.39, 0.29) is 0 Å². The number of aliphatic hydroxyl groups is 2. The zero-order valence-corrected chi connectivity index (χ0v) is 7.17. The molecule has 0 amide bonds. The molecule has 0 unspecified atom stereocenters. The summed E-state index contributed by atoms with van der Waals surface area (Å²) in [7, 11) is 0. The second-order valence-electron chi connectivity index (χ2n) is 3.23. The highest BCUT2D eigenvalue weighted by molar-refractivity contribution is 5.39. The molecule has 0 spiro atoms. The first-order valence-corrected chi connectivity index (χ1v) is 4.29. The Bertz CT molecular complexity index is 268. The molecule has 1 aromatic rings. The summed E-state index contributed by atoms with van der Waals surface area (Å²) in [5.41, 5.74) is 0. The molecule has 2 rings (SSSR count). The number of hydrogen-bond acceptors (Lipinski definition) is 4. The van der Waals surface area contributed by atoms with Gasteiger partial charge in [0.05, 0.1) is 12.2 Å². The second kappa shape index (κ2) is 3.32. The van der Waals surface area contributed by atoms with Crippen molar-refractivity contribution >= 4 is 5.82 Å². The van der Waals surface area contributed by atoms with Gasteiger partial charge < -0.3 is 15.1 Å². The lowest BCUT2D eigenvalue weighted by atomic mass is 10.3. The van der Waals surface area contributed by atoms with Gasteiger partial charge in [-0.15, -0.1) is 0 Å². The lowest BCUT2D eigenvalue weighted by Gasteiger charge is -2.15. The number of anilines is 1. The van der Waals surface area contributed by atoms with E-state index in [0.717, 1.165) is 5.82 Å².